The zero-order chi connectivity index (χ0) is 20.1. The summed E-state index contributed by atoms with van der Waals surface area (Å²) in [4.78, 5) is 24.5. The molecule has 0 spiro atoms. The number of thioether (sulfide) groups is 1. The number of ether oxygens (including phenoxy) is 1. The van der Waals surface area contributed by atoms with Gasteiger partial charge in [-0.15, -0.1) is 10.2 Å². The fraction of sp³-hybridized carbons (Fsp3) is 0.368. The van der Waals surface area contributed by atoms with Crippen molar-refractivity contribution in [2.24, 2.45) is 7.05 Å². The predicted molar refractivity (Wildman–Crippen MR) is 109 cm³/mol. The van der Waals surface area contributed by atoms with Crippen molar-refractivity contribution in [1.29, 1.82) is 0 Å². The standard InChI is InChI=1S/C19H23N5O3S/c1-13-10-15(25)16(11-23(13)2)27-12-18(26)20-14(7-9-28-3)19-22-21-17-6-4-5-8-24(17)19/h4-6,8,10-11,14H,7,9,12H2,1-3H3,(H,20,26). The van der Waals surface area contributed by atoms with Crippen molar-refractivity contribution in [3.63, 3.8) is 0 Å². The quantitative estimate of drug-likeness (QED) is 0.618. The number of nitrogens with zero attached hydrogens (tertiary/aromatic N) is 4. The number of nitrogens with one attached hydrogen (secondary N) is 1. The Morgan fingerprint density at radius 1 is 1.36 bits per heavy atom. The number of amides is 1. The second kappa shape index (κ2) is 8.92. The van der Waals surface area contributed by atoms with Crippen molar-refractivity contribution in [1.82, 2.24) is 24.5 Å². The number of fused-ring (bicyclic) bond motifs is 1. The molecule has 148 valence electrons. The summed E-state index contributed by atoms with van der Waals surface area (Å²) in [5.41, 5.74) is 1.30. The highest BCUT2D eigenvalue weighted by atomic mass is 32.2. The Labute approximate surface area is 166 Å². The van der Waals surface area contributed by atoms with E-state index in [1.165, 1.54) is 6.07 Å². The molecule has 0 radical (unpaired) electrons. The van der Waals surface area contributed by atoms with Crippen molar-refractivity contribution in [2.75, 3.05) is 18.6 Å². The highest BCUT2D eigenvalue weighted by Crippen LogP contribution is 2.18. The van der Waals surface area contributed by atoms with Crippen LogP contribution >= 0.6 is 11.8 Å². The Hall–Kier alpha value is -2.81. The first-order valence-corrected chi connectivity index (χ1v) is 10.3. The van der Waals surface area contributed by atoms with Crippen molar-refractivity contribution in [2.45, 2.75) is 19.4 Å². The topological polar surface area (TPSA) is 90.5 Å². The Bertz CT molecular complexity index is 1030. The van der Waals surface area contributed by atoms with Crippen molar-refractivity contribution in [3.8, 4) is 5.75 Å². The van der Waals surface area contributed by atoms with Crippen LogP contribution in [0.15, 0.2) is 41.5 Å². The van der Waals surface area contributed by atoms with E-state index in [1.54, 1.807) is 22.5 Å². The molecule has 1 amide bonds. The molecule has 0 aromatic carbocycles. The molecule has 3 aromatic rings. The Balaban J connectivity index is 1.71. The second-order valence-electron chi connectivity index (χ2n) is 6.43. The Morgan fingerprint density at radius 3 is 2.96 bits per heavy atom. The number of aromatic nitrogens is 4. The lowest BCUT2D eigenvalue weighted by atomic mass is 10.2. The maximum Gasteiger partial charge on any atom is 0.258 e. The molecule has 0 saturated carbocycles. The van der Waals surface area contributed by atoms with Crippen LogP contribution in [-0.4, -0.2) is 43.7 Å². The van der Waals surface area contributed by atoms with Crippen LogP contribution in [0.1, 0.15) is 24.0 Å². The van der Waals surface area contributed by atoms with Gasteiger partial charge in [0.2, 0.25) is 5.43 Å². The van der Waals surface area contributed by atoms with Crippen LogP contribution in [0.5, 0.6) is 5.75 Å². The van der Waals surface area contributed by atoms with E-state index in [0.717, 1.165) is 17.1 Å². The van der Waals surface area contributed by atoms with Crippen molar-refractivity contribution >= 4 is 23.3 Å². The van der Waals surface area contributed by atoms with Crippen LogP contribution < -0.4 is 15.5 Å². The van der Waals surface area contributed by atoms with E-state index in [2.05, 4.69) is 15.5 Å². The first-order valence-electron chi connectivity index (χ1n) is 8.87. The largest absolute Gasteiger partial charge is 0.478 e. The highest BCUT2D eigenvalue weighted by Gasteiger charge is 2.20. The first-order chi connectivity index (χ1) is 13.5. The van der Waals surface area contributed by atoms with Crippen LogP contribution in [0.4, 0.5) is 0 Å². The number of hydrogen-bond donors (Lipinski definition) is 1. The summed E-state index contributed by atoms with van der Waals surface area (Å²) in [6, 6.07) is 6.82. The van der Waals surface area contributed by atoms with Crippen LogP contribution in [0.3, 0.4) is 0 Å². The molecular weight excluding hydrogens is 378 g/mol. The zero-order valence-corrected chi connectivity index (χ0v) is 16.9. The molecule has 28 heavy (non-hydrogen) atoms. The van der Waals surface area contributed by atoms with Crippen LogP contribution in [0, 0.1) is 6.92 Å². The number of aryl methyl sites for hydroxylation is 2. The van der Waals surface area contributed by atoms with E-state index in [9.17, 15) is 9.59 Å². The van der Waals surface area contributed by atoms with Gasteiger partial charge in [0.15, 0.2) is 23.8 Å². The fourth-order valence-corrected chi connectivity index (χ4v) is 3.26. The molecule has 0 aliphatic carbocycles. The second-order valence-corrected chi connectivity index (χ2v) is 7.42. The molecule has 0 bridgehead atoms. The average Bonchev–Trinajstić information content (AvgIpc) is 3.11. The van der Waals surface area contributed by atoms with Gasteiger partial charge in [-0.2, -0.15) is 11.8 Å². The molecule has 1 N–H and O–H groups in total. The van der Waals surface area contributed by atoms with Gasteiger partial charge >= 0.3 is 0 Å². The molecule has 3 aromatic heterocycles. The monoisotopic (exact) mass is 401 g/mol. The number of hydrogen-bond acceptors (Lipinski definition) is 6. The normalized spacial score (nSPS) is 12.1. The Morgan fingerprint density at radius 2 is 2.18 bits per heavy atom. The number of carbonyl (C=O) groups is 1. The smallest absolute Gasteiger partial charge is 0.258 e. The summed E-state index contributed by atoms with van der Waals surface area (Å²) in [6.45, 7) is 1.59. The number of carbonyl (C=O) groups excluding carboxylic acids is 1. The van der Waals surface area contributed by atoms with Gasteiger partial charge in [0.05, 0.1) is 6.04 Å². The minimum absolute atomic E-state index is 0.150. The highest BCUT2D eigenvalue weighted by molar-refractivity contribution is 7.98. The molecule has 8 nitrogen and oxygen atoms in total. The van der Waals surface area contributed by atoms with E-state index >= 15 is 0 Å². The average molecular weight is 401 g/mol. The number of rotatable bonds is 8. The third-order valence-electron chi connectivity index (χ3n) is 4.41. The van der Waals surface area contributed by atoms with Crippen LogP contribution in [0.2, 0.25) is 0 Å². The molecule has 3 heterocycles. The van der Waals surface area contributed by atoms with Gasteiger partial charge < -0.3 is 14.6 Å². The van der Waals surface area contributed by atoms with Crippen molar-refractivity contribution in [3.05, 3.63) is 58.4 Å². The first kappa shape index (κ1) is 19.9. The molecule has 1 atom stereocenters. The molecule has 0 fully saturated rings. The molecule has 0 aliphatic heterocycles. The molecule has 1 unspecified atom stereocenters. The van der Waals surface area contributed by atoms with Gasteiger partial charge in [-0.1, -0.05) is 6.07 Å². The van der Waals surface area contributed by atoms with Gasteiger partial charge in [-0.25, -0.2) is 0 Å². The Kier molecular flexibility index (Phi) is 6.35. The lowest BCUT2D eigenvalue weighted by molar-refractivity contribution is -0.124. The van der Waals surface area contributed by atoms with E-state index in [4.69, 9.17) is 4.74 Å². The third-order valence-corrected chi connectivity index (χ3v) is 5.05. The SMILES string of the molecule is CSCCC(NC(=O)COc1cn(C)c(C)cc1=O)c1nnc2ccccn12. The summed E-state index contributed by atoms with van der Waals surface area (Å²) in [5, 5.41) is 11.4. The lowest BCUT2D eigenvalue weighted by Gasteiger charge is -2.17. The van der Waals surface area contributed by atoms with E-state index in [0.29, 0.717) is 12.2 Å². The van der Waals surface area contributed by atoms with E-state index in [1.807, 2.05) is 49.0 Å². The molecule has 9 heteroatoms. The van der Waals surface area contributed by atoms with Crippen LogP contribution in [-0.2, 0) is 11.8 Å². The molecular formula is C19H23N5O3S. The summed E-state index contributed by atoms with van der Waals surface area (Å²) < 4.78 is 9.09. The van der Waals surface area contributed by atoms with Crippen LogP contribution in [0.25, 0.3) is 5.65 Å². The summed E-state index contributed by atoms with van der Waals surface area (Å²) in [6.07, 6.45) is 6.17. The summed E-state index contributed by atoms with van der Waals surface area (Å²) in [5.74, 6) is 1.36. The molecule has 0 saturated heterocycles. The van der Waals surface area contributed by atoms with E-state index < -0.39 is 0 Å². The van der Waals surface area contributed by atoms with Gasteiger partial charge in [-0.05, 0) is 37.5 Å². The summed E-state index contributed by atoms with van der Waals surface area (Å²) >= 11 is 1.69. The minimum atomic E-state index is -0.318. The maximum atomic E-state index is 12.5. The van der Waals surface area contributed by atoms with Gasteiger partial charge in [0.25, 0.3) is 5.91 Å². The molecule has 3 rings (SSSR count). The van der Waals surface area contributed by atoms with Gasteiger partial charge in [-0.3, -0.25) is 14.0 Å². The zero-order valence-electron chi connectivity index (χ0n) is 16.1. The number of pyridine rings is 2. The van der Waals surface area contributed by atoms with Gasteiger partial charge in [0, 0.05) is 31.2 Å². The minimum Gasteiger partial charge on any atom is -0.478 e. The maximum absolute atomic E-state index is 12.5. The van der Waals surface area contributed by atoms with E-state index in [-0.39, 0.29) is 29.7 Å². The summed E-state index contributed by atoms with van der Waals surface area (Å²) in [7, 11) is 1.82. The van der Waals surface area contributed by atoms with Gasteiger partial charge in [0.1, 0.15) is 0 Å². The third kappa shape index (κ3) is 4.53. The fourth-order valence-electron chi connectivity index (χ4n) is 2.79. The molecule has 0 aliphatic rings. The van der Waals surface area contributed by atoms with Crippen molar-refractivity contribution < 1.29 is 9.53 Å². The predicted octanol–water partition coefficient (Wildman–Crippen LogP) is 1.73. The lowest BCUT2D eigenvalue weighted by Crippen LogP contribution is -2.34.